The molecule has 0 bridgehead atoms. The van der Waals surface area contributed by atoms with Gasteiger partial charge in [-0.25, -0.2) is 17.9 Å². The largest absolute Gasteiger partial charge is 0.501 e. The molecule has 2 heterocycles. The average Bonchev–Trinajstić information content (AvgIpc) is 3.31. The first kappa shape index (κ1) is 23.5. The molecule has 33 heavy (non-hydrogen) atoms. The molecular formula is C22H31N6O4S+. The number of imide groups is 1. The Bertz CT molecular complexity index is 1170. The van der Waals surface area contributed by atoms with Crippen LogP contribution in [0, 0.1) is 5.92 Å². The number of allylic oxidation sites excluding steroid dienone is 2. The van der Waals surface area contributed by atoms with E-state index in [9.17, 15) is 18.0 Å². The Kier molecular flexibility index (Phi) is 6.14. The molecule has 178 valence electrons. The minimum Gasteiger partial charge on any atom is -0.309 e. The van der Waals surface area contributed by atoms with Gasteiger partial charge in [0.15, 0.2) is 0 Å². The van der Waals surface area contributed by atoms with Crippen molar-refractivity contribution in [2.24, 2.45) is 13.0 Å². The van der Waals surface area contributed by atoms with E-state index in [-0.39, 0.29) is 11.4 Å². The monoisotopic (exact) mass is 475 g/mol. The number of urea groups is 1. The maximum atomic E-state index is 13.4. The zero-order valence-electron chi connectivity index (χ0n) is 19.5. The van der Waals surface area contributed by atoms with Crippen molar-refractivity contribution in [3.63, 3.8) is 0 Å². The molecule has 1 saturated carbocycles. The Balaban J connectivity index is 1.68. The highest BCUT2D eigenvalue weighted by atomic mass is 32.2. The molecule has 2 aliphatic carbocycles. The number of aromatic nitrogens is 2. The van der Waals surface area contributed by atoms with E-state index in [4.69, 9.17) is 0 Å². The van der Waals surface area contributed by atoms with Crippen LogP contribution in [0.1, 0.15) is 31.7 Å². The molecule has 0 saturated heterocycles. The standard InChI is InChI=1S/C22H31N6O4S/c1-22(8-9-22)24-33(31,32)17-6-7-19-18(12-17)20(29)28(15-16-13-23-26(4)14-16)21(30)27(19)11-5-10-25(2)3/h6-7,12-14,18,24H,5,8-11,15H2,1-4H3/q+1. The molecule has 1 aromatic heterocycles. The number of sulfonamides is 1. The molecule has 3 aliphatic rings. The van der Waals surface area contributed by atoms with Crippen LogP contribution in [0.25, 0.3) is 0 Å². The van der Waals surface area contributed by atoms with Crippen molar-refractivity contribution in [1.29, 1.82) is 0 Å². The molecular weight excluding hydrogens is 444 g/mol. The number of nitrogens with zero attached hydrogens (tertiary/aromatic N) is 5. The molecule has 4 rings (SSSR count). The molecule has 0 aromatic carbocycles. The van der Waals surface area contributed by atoms with Gasteiger partial charge in [-0.15, -0.1) is 0 Å². The predicted octanol–water partition coefficient (Wildman–Crippen LogP) is 0.829. The van der Waals surface area contributed by atoms with Crippen LogP contribution >= 0.6 is 0 Å². The first-order valence-corrected chi connectivity index (χ1v) is 12.5. The summed E-state index contributed by atoms with van der Waals surface area (Å²) in [6.07, 6.45) is 10.2. The van der Waals surface area contributed by atoms with E-state index in [0.29, 0.717) is 18.7 Å². The summed E-state index contributed by atoms with van der Waals surface area (Å²) < 4.78 is 31.8. The predicted molar refractivity (Wildman–Crippen MR) is 123 cm³/mol. The van der Waals surface area contributed by atoms with Gasteiger partial charge < -0.3 is 4.90 Å². The molecule has 1 aromatic rings. The van der Waals surface area contributed by atoms with Gasteiger partial charge in [-0.3, -0.25) is 4.68 Å². The number of nitrogens with one attached hydrogen (secondary N) is 1. The van der Waals surface area contributed by atoms with Gasteiger partial charge >= 0.3 is 11.9 Å². The van der Waals surface area contributed by atoms with Crippen molar-refractivity contribution < 1.29 is 22.6 Å². The third-order valence-electron chi connectivity index (χ3n) is 6.15. The van der Waals surface area contributed by atoms with Crippen molar-refractivity contribution in [2.75, 3.05) is 27.2 Å². The minimum absolute atomic E-state index is 0.0571. The van der Waals surface area contributed by atoms with Gasteiger partial charge in [0.05, 0.1) is 17.6 Å². The third kappa shape index (κ3) is 4.99. The number of aryl methyl sites for hydroxylation is 1. The first-order chi connectivity index (χ1) is 15.5. The van der Waals surface area contributed by atoms with Gasteiger partial charge in [0.25, 0.3) is 0 Å². The first-order valence-electron chi connectivity index (χ1n) is 11.0. The lowest BCUT2D eigenvalue weighted by atomic mass is 9.94. The van der Waals surface area contributed by atoms with Crippen LogP contribution in [-0.4, -0.2) is 82.9 Å². The molecule has 0 radical (unpaired) electrons. The molecule has 10 nitrogen and oxygen atoms in total. The molecule has 1 aliphatic heterocycles. The van der Waals surface area contributed by atoms with Gasteiger partial charge in [0, 0.05) is 30.9 Å². The van der Waals surface area contributed by atoms with Crippen LogP contribution in [0.5, 0.6) is 0 Å². The summed E-state index contributed by atoms with van der Waals surface area (Å²) in [7, 11) is 1.91. The average molecular weight is 476 g/mol. The number of fused-ring (bicyclic) bond motifs is 1. The highest BCUT2D eigenvalue weighted by molar-refractivity contribution is 7.93. The van der Waals surface area contributed by atoms with Crippen LogP contribution in [0.4, 0.5) is 4.79 Å². The fourth-order valence-corrected chi connectivity index (χ4v) is 5.59. The second-order valence-corrected chi connectivity index (χ2v) is 11.2. The summed E-state index contributed by atoms with van der Waals surface area (Å²) in [6.45, 7) is 3.15. The summed E-state index contributed by atoms with van der Waals surface area (Å²) in [5.41, 5.74) is 0.819. The minimum atomic E-state index is -3.77. The SMILES string of the molecule is CN(C)CCC[N+]1=C2C=CC(S(=O)(=O)NC3(C)CC3)=CC2C(=O)N(Cc2cnn(C)c2)C1=O. The Labute approximate surface area is 194 Å². The van der Waals surface area contributed by atoms with Gasteiger partial charge in [-0.2, -0.15) is 19.4 Å². The van der Waals surface area contributed by atoms with Crippen LogP contribution in [0.2, 0.25) is 0 Å². The van der Waals surface area contributed by atoms with Crippen LogP contribution in [0.3, 0.4) is 0 Å². The molecule has 1 unspecified atom stereocenters. The zero-order chi connectivity index (χ0) is 24.0. The summed E-state index contributed by atoms with van der Waals surface area (Å²) in [4.78, 5) is 30.0. The van der Waals surface area contributed by atoms with E-state index in [0.717, 1.165) is 24.9 Å². The van der Waals surface area contributed by atoms with Crippen molar-refractivity contribution >= 4 is 27.7 Å². The van der Waals surface area contributed by atoms with Gasteiger partial charge in [-0.05, 0) is 58.5 Å². The maximum Gasteiger partial charge on any atom is 0.501 e. The van der Waals surface area contributed by atoms with Crippen molar-refractivity contribution in [1.82, 2.24) is 24.3 Å². The smallest absolute Gasteiger partial charge is 0.309 e. The summed E-state index contributed by atoms with van der Waals surface area (Å²) in [6, 6.07) is -0.401. The molecule has 11 heteroatoms. The third-order valence-corrected chi connectivity index (χ3v) is 7.80. The van der Waals surface area contributed by atoms with E-state index in [1.807, 2.05) is 25.9 Å². The number of carbonyl (C=O) groups is 2. The van der Waals surface area contributed by atoms with E-state index < -0.39 is 33.4 Å². The quantitative estimate of drug-likeness (QED) is 0.530. The summed E-state index contributed by atoms with van der Waals surface area (Å²) in [5, 5.41) is 4.12. The van der Waals surface area contributed by atoms with E-state index in [2.05, 4.69) is 9.82 Å². The zero-order valence-corrected chi connectivity index (χ0v) is 20.3. The second kappa shape index (κ2) is 8.62. The second-order valence-electron chi connectivity index (χ2n) is 9.51. The molecule has 1 N–H and O–H groups in total. The topological polar surface area (TPSA) is 108 Å². The Morgan fingerprint density at radius 1 is 1.27 bits per heavy atom. The highest BCUT2D eigenvalue weighted by Gasteiger charge is 2.48. The van der Waals surface area contributed by atoms with E-state index in [1.54, 1.807) is 34.8 Å². The van der Waals surface area contributed by atoms with Gasteiger partial charge in [-0.1, -0.05) is 0 Å². The summed E-state index contributed by atoms with van der Waals surface area (Å²) in [5.74, 6) is -1.28. The van der Waals surface area contributed by atoms with Gasteiger partial charge in [0.1, 0.15) is 18.2 Å². The van der Waals surface area contributed by atoms with Crippen LogP contribution in [-0.2, 0) is 28.4 Å². The Morgan fingerprint density at radius 3 is 2.61 bits per heavy atom. The number of hydrogen-bond donors (Lipinski definition) is 1. The summed E-state index contributed by atoms with van der Waals surface area (Å²) >= 11 is 0. The van der Waals surface area contributed by atoms with Gasteiger partial charge in [0.2, 0.25) is 10.0 Å². The molecule has 0 spiro atoms. The fourth-order valence-electron chi connectivity index (χ4n) is 4.05. The lowest BCUT2D eigenvalue weighted by molar-refractivity contribution is -0.441. The molecule has 3 amide bonds. The number of amides is 3. The lowest BCUT2D eigenvalue weighted by Gasteiger charge is -2.28. The van der Waals surface area contributed by atoms with Crippen molar-refractivity contribution in [2.45, 2.75) is 38.3 Å². The normalized spacial score (nSPS) is 22.2. The maximum absolute atomic E-state index is 13.4. The van der Waals surface area contributed by atoms with Crippen LogP contribution < -0.4 is 4.72 Å². The molecule has 1 fully saturated rings. The van der Waals surface area contributed by atoms with E-state index in [1.165, 1.54) is 17.1 Å². The number of hydrogen-bond acceptors (Lipinski definition) is 6. The van der Waals surface area contributed by atoms with Crippen molar-refractivity contribution in [3.8, 4) is 0 Å². The molecule has 1 atom stereocenters. The van der Waals surface area contributed by atoms with Crippen molar-refractivity contribution in [3.05, 3.63) is 41.1 Å². The Hall–Kier alpha value is -2.63. The highest BCUT2D eigenvalue weighted by Crippen LogP contribution is 2.36. The van der Waals surface area contributed by atoms with Crippen LogP contribution in [0.15, 0.2) is 35.5 Å². The van der Waals surface area contributed by atoms with E-state index >= 15 is 0 Å². The number of carbonyl (C=O) groups excluding carboxylic acids is 2. The Morgan fingerprint density at radius 2 is 2.00 bits per heavy atom. The number of rotatable bonds is 9. The fraction of sp³-hybridized carbons (Fsp3) is 0.545. The lowest BCUT2D eigenvalue weighted by Crippen LogP contribution is -2.54.